The normalized spacial score (nSPS) is 10.7. The molecule has 0 bridgehead atoms. The van der Waals surface area contributed by atoms with Crippen LogP contribution in [0.5, 0.6) is 0 Å². The smallest absolute Gasteiger partial charge is 0.331 e. The Hall–Kier alpha value is -1.72. The van der Waals surface area contributed by atoms with Gasteiger partial charge in [-0.15, -0.1) is 0 Å². The molecule has 0 amide bonds. The van der Waals surface area contributed by atoms with E-state index in [-0.39, 0.29) is 12.4 Å². The number of ketones is 1. The first-order valence-electron chi connectivity index (χ1n) is 5.81. The summed E-state index contributed by atoms with van der Waals surface area (Å²) in [5.41, 5.74) is 1.44. The number of rotatable bonds is 5. The number of carbonyl (C=O) groups excluding carboxylic acids is 2. The lowest BCUT2D eigenvalue weighted by Gasteiger charge is -2.02. The molecular formula is C15H11BrO3S. The standard InChI is InChI=1S/C15H11BrO3S/c16-13-3-1-2-12(8-13)14(17)9-19-15(18)5-4-11-6-7-20-10-11/h1-8,10H,9H2/b5-4+. The lowest BCUT2D eigenvalue weighted by atomic mass is 10.1. The van der Waals surface area contributed by atoms with Crippen LogP contribution in [0.4, 0.5) is 0 Å². The maximum atomic E-state index is 11.8. The Kier molecular flexibility index (Phi) is 5.26. The Labute approximate surface area is 129 Å². The molecule has 0 aliphatic carbocycles. The van der Waals surface area contributed by atoms with Crippen molar-refractivity contribution in [2.24, 2.45) is 0 Å². The highest BCUT2D eigenvalue weighted by atomic mass is 79.9. The zero-order valence-corrected chi connectivity index (χ0v) is 12.8. The maximum Gasteiger partial charge on any atom is 0.331 e. The molecule has 0 aliphatic rings. The molecule has 0 saturated carbocycles. The minimum atomic E-state index is -0.528. The van der Waals surface area contributed by atoms with Gasteiger partial charge in [0.2, 0.25) is 0 Å². The van der Waals surface area contributed by atoms with Crippen LogP contribution in [0.2, 0.25) is 0 Å². The monoisotopic (exact) mass is 350 g/mol. The van der Waals surface area contributed by atoms with Crippen molar-refractivity contribution in [3.05, 3.63) is 62.8 Å². The van der Waals surface area contributed by atoms with Crippen molar-refractivity contribution in [3.63, 3.8) is 0 Å². The third kappa shape index (κ3) is 4.43. The van der Waals surface area contributed by atoms with Crippen LogP contribution in [-0.4, -0.2) is 18.4 Å². The zero-order valence-electron chi connectivity index (χ0n) is 10.4. The molecule has 0 saturated heterocycles. The van der Waals surface area contributed by atoms with Crippen LogP contribution in [0.1, 0.15) is 15.9 Å². The molecule has 0 atom stereocenters. The van der Waals surface area contributed by atoms with Gasteiger partial charge in [0.1, 0.15) is 0 Å². The number of Topliss-reactive ketones (excluding diaryl/α,β-unsaturated/α-hetero) is 1. The van der Waals surface area contributed by atoms with Gasteiger partial charge in [-0.2, -0.15) is 11.3 Å². The van der Waals surface area contributed by atoms with Crippen LogP contribution in [-0.2, 0) is 9.53 Å². The molecule has 0 N–H and O–H groups in total. The van der Waals surface area contributed by atoms with Crippen LogP contribution in [0.15, 0.2) is 51.6 Å². The zero-order chi connectivity index (χ0) is 14.4. The van der Waals surface area contributed by atoms with E-state index in [0.29, 0.717) is 5.56 Å². The number of benzene rings is 1. The Morgan fingerprint density at radius 2 is 2.15 bits per heavy atom. The molecule has 1 heterocycles. The van der Waals surface area contributed by atoms with Crippen molar-refractivity contribution >= 4 is 45.1 Å². The number of ether oxygens (including phenoxy) is 1. The third-order valence-electron chi connectivity index (χ3n) is 2.45. The van der Waals surface area contributed by atoms with Crippen molar-refractivity contribution in [1.29, 1.82) is 0 Å². The summed E-state index contributed by atoms with van der Waals surface area (Å²) in [6.45, 7) is -0.261. The SMILES string of the molecule is O=C(/C=C/c1ccsc1)OCC(=O)c1cccc(Br)c1. The summed E-state index contributed by atoms with van der Waals surface area (Å²) in [5, 5.41) is 3.83. The largest absolute Gasteiger partial charge is 0.454 e. The van der Waals surface area contributed by atoms with Crippen LogP contribution in [0.3, 0.4) is 0 Å². The minimum absolute atomic E-state index is 0.233. The fourth-order valence-corrected chi connectivity index (χ4v) is 2.49. The van der Waals surface area contributed by atoms with E-state index in [1.54, 1.807) is 35.6 Å². The first kappa shape index (κ1) is 14.7. The number of esters is 1. The van der Waals surface area contributed by atoms with Crippen molar-refractivity contribution < 1.29 is 14.3 Å². The van der Waals surface area contributed by atoms with E-state index < -0.39 is 5.97 Å². The lowest BCUT2D eigenvalue weighted by molar-refractivity contribution is -0.136. The van der Waals surface area contributed by atoms with Gasteiger partial charge >= 0.3 is 5.97 Å². The Balaban J connectivity index is 1.86. The van der Waals surface area contributed by atoms with Gasteiger partial charge < -0.3 is 4.74 Å². The van der Waals surface area contributed by atoms with Gasteiger partial charge in [0.05, 0.1) is 0 Å². The molecule has 0 fully saturated rings. The fraction of sp³-hybridized carbons (Fsp3) is 0.0667. The second-order valence-electron chi connectivity index (χ2n) is 3.93. The quantitative estimate of drug-likeness (QED) is 0.465. The Bertz CT molecular complexity index is 632. The molecule has 0 aliphatic heterocycles. The average molecular weight is 351 g/mol. The van der Waals surface area contributed by atoms with E-state index in [9.17, 15) is 9.59 Å². The summed E-state index contributed by atoms with van der Waals surface area (Å²) in [5.74, 6) is -0.761. The molecule has 2 aromatic rings. The van der Waals surface area contributed by atoms with E-state index in [2.05, 4.69) is 15.9 Å². The highest BCUT2D eigenvalue weighted by Gasteiger charge is 2.08. The number of thiophene rings is 1. The van der Waals surface area contributed by atoms with Gasteiger partial charge in [0, 0.05) is 16.1 Å². The molecule has 102 valence electrons. The molecule has 5 heteroatoms. The Morgan fingerprint density at radius 3 is 2.85 bits per heavy atom. The van der Waals surface area contributed by atoms with Crippen LogP contribution >= 0.6 is 27.3 Å². The minimum Gasteiger partial charge on any atom is -0.454 e. The van der Waals surface area contributed by atoms with Gasteiger partial charge in [-0.1, -0.05) is 28.1 Å². The van der Waals surface area contributed by atoms with Crippen LogP contribution < -0.4 is 0 Å². The number of hydrogen-bond donors (Lipinski definition) is 0. The predicted molar refractivity (Wildman–Crippen MR) is 82.8 cm³/mol. The van der Waals surface area contributed by atoms with E-state index in [1.165, 1.54) is 6.08 Å². The maximum absolute atomic E-state index is 11.8. The fourth-order valence-electron chi connectivity index (χ4n) is 1.46. The molecule has 0 radical (unpaired) electrons. The van der Waals surface area contributed by atoms with Crippen molar-refractivity contribution in [2.75, 3.05) is 6.61 Å². The topological polar surface area (TPSA) is 43.4 Å². The summed E-state index contributed by atoms with van der Waals surface area (Å²) in [6, 6.07) is 8.85. The molecule has 3 nitrogen and oxygen atoms in total. The van der Waals surface area contributed by atoms with Gasteiger partial charge in [0.15, 0.2) is 12.4 Å². The first-order valence-corrected chi connectivity index (χ1v) is 7.54. The average Bonchev–Trinajstić information content (AvgIpc) is 2.95. The van der Waals surface area contributed by atoms with Crippen molar-refractivity contribution in [1.82, 2.24) is 0 Å². The van der Waals surface area contributed by atoms with Crippen LogP contribution in [0.25, 0.3) is 6.08 Å². The molecular weight excluding hydrogens is 340 g/mol. The summed E-state index contributed by atoms with van der Waals surface area (Å²) in [4.78, 5) is 23.3. The molecule has 0 spiro atoms. The predicted octanol–water partition coefficient (Wildman–Crippen LogP) is 3.95. The number of hydrogen-bond acceptors (Lipinski definition) is 4. The van der Waals surface area contributed by atoms with Gasteiger partial charge in [0.25, 0.3) is 0 Å². The highest BCUT2D eigenvalue weighted by Crippen LogP contribution is 2.12. The van der Waals surface area contributed by atoms with E-state index in [0.717, 1.165) is 10.0 Å². The molecule has 1 aromatic carbocycles. The van der Waals surface area contributed by atoms with Crippen molar-refractivity contribution in [2.45, 2.75) is 0 Å². The van der Waals surface area contributed by atoms with Crippen LogP contribution in [0, 0.1) is 0 Å². The number of carbonyl (C=O) groups is 2. The molecule has 2 rings (SSSR count). The van der Waals surface area contributed by atoms with Gasteiger partial charge in [-0.05, 0) is 40.6 Å². The summed E-state index contributed by atoms with van der Waals surface area (Å²) >= 11 is 4.83. The third-order valence-corrected chi connectivity index (χ3v) is 3.64. The Morgan fingerprint density at radius 1 is 1.30 bits per heavy atom. The summed E-state index contributed by atoms with van der Waals surface area (Å²) < 4.78 is 5.72. The second kappa shape index (κ2) is 7.17. The van der Waals surface area contributed by atoms with E-state index in [4.69, 9.17) is 4.74 Å². The molecule has 0 unspecified atom stereocenters. The van der Waals surface area contributed by atoms with E-state index >= 15 is 0 Å². The molecule has 1 aromatic heterocycles. The van der Waals surface area contributed by atoms with Gasteiger partial charge in [-0.3, -0.25) is 4.79 Å². The molecule has 20 heavy (non-hydrogen) atoms. The second-order valence-corrected chi connectivity index (χ2v) is 5.63. The first-order chi connectivity index (χ1) is 9.65. The van der Waals surface area contributed by atoms with Crippen molar-refractivity contribution in [3.8, 4) is 0 Å². The lowest BCUT2D eigenvalue weighted by Crippen LogP contribution is -2.12. The highest BCUT2D eigenvalue weighted by molar-refractivity contribution is 9.10. The summed E-state index contributed by atoms with van der Waals surface area (Å²) in [6.07, 6.45) is 2.97. The van der Waals surface area contributed by atoms with E-state index in [1.807, 2.05) is 22.9 Å². The number of halogens is 1. The van der Waals surface area contributed by atoms with Gasteiger partial charge in [-0.25, -0.2) is 4.79 Å². The summed E-state index contributed by atoms with van der Waals surface area (Å²) in [7, 11) is 0.